The number of nitro benzene ring substituents is 1. The van der Waals surface area contributed by atoms with Crippen LogP contribution in [0.1, 0.15) is 61.1 Å². The second-order valence-electron chi connectivity index (χ2n) is 18.8. The van der Waals surface area contributed by atoms with Gasteiger partial charge in [-0.15, -0.1) is 0 Å². The van der Waals surface area contributed by atoms with Gasteiger partial charge in [-0.2, -0.15) is 0 Å². The zero-order chi connectivity index (χ0) is 64.7. The van der Waals surface area contributed by atoms with Gasteiger partial charge in [-0.05, 0) is 148 Å². The molecule has 448 valence electrons. The van der Waals surface area contributed by atoms with Crippen LogP contribution in [0.15, 0.2) is 202 Å². The second kappa shape index (κ2) is 35.0. The van der Waals surface area contributed by atoms with Crippen molar-refractivity contribution in [3.63, 3.8) is 0 Å². The number of nitrogens with zero attached hydrogens (tertiary/aromatic N) is 4. The number of hydrogen-bond acceptors (Lipinski definition) is 13. The van der Waals surface area contributed by atoms with E-state index in [-0.39, 0.29) is 45.6 Å². The van der Waals surface area contributed by atoms with Gasteiger partial charge in [0.1, 0.15) is 17.3 Å². The smallest absolute Gasteiger partial charge is 0.328 e. The van der Waals surface area contributed by atoms with Gasteiger partial charge in [0.05, 0.1) is 16.0 Å². The van der Waals surface area contributed by atoms with E-state index in [1.165, 1.54) is 57.2 Å². The van der Waals surface area contributed by atoms with Crippen molar-refractivity contribution in [2.24, 2.45) is 5.11 Å². The molecule has 0 atom stereocenters. The van der Waals surface area contributed by atoms with Crippen molar-refractivity contribution in [1.29, 1.82) is 0 Å². The lowest BCUT2D eigenvalue weighted by Gasteiger charge is -2.05. The van der Waals surface area contributed by atoms with E-state index in [1.807, 2.05) is 42.5 Å². The van der Waals surface area contributed by atoms with Gasteiger partial charge < -0.3 is 36.2 Å². The summed E-state index contributed by atoms with van der Waals surface area (Å²) in [5, 5.41) is 37.1. The molecule has 23 heteroatoms. The minimum absolute atomic E-state index is 0.0578. The predicted octanol–water partition coefficient (Wildman–Crippen LogP) is 10.5. The quantitative estimate of drug-likeness (QED) is 0.0101. The van der Waals surface area contributed by atoms with Crippen LogP contribution >= 0.6 is 0 Å². The minimum atomic E-state index is -1.09. The number of nitrogens with one attached hydrogen (secondary N) is 4. The van der Waals surface area contributed by atoms with Crippen molar-refractivity contribution < 1.29 is 48.7 Å². The maximum Gasteiger partial charge on any atom is 0.328 e. The summed E-state index contributed by atoms with van der Waals surface area (Å²) in [6, 6.07) is 41.7. The Labute approximate surface area is 501 Å². The van der Waals surface area contributed by atoms with Crippen LogP contribution in [0.3, 0.4) is 0 Å². The first-order valence-electron chi connectivity index (χ1n) is 26.3. The Hall–Kier alpha value is -12.2. The first-order chi connectivity index (χ1) is 41.9. The number of aromatic amines is 3. The number of anilines is 2. The van der Waals surface area contributed by atoms with Gasteiger partial charge in [0.15, 0.2) is 0 Å². The second-order valence-corrected chi connectivity index (χ2v) is 18.8. The molecule has 0 radical (unpaired) electrons. The van der Waals surface area contributed by atoms with Crippen molar-refractivity contribution in [3.05, 3.63) is 267 Å². The molecule has 0 unspecified atom stereocenters. The molecule has 23 nitrogen and oxygen atoms in total. The molecule has 3 aromatic heterocycles. The number of hydrogen-bond donors (Lipinski definition) is 7. The average Bonchev–Trinajstić information content (AvgIpc) is 3.68. The number of fused-ring (bicyclic) bond motifs is 3. The number of pyridine rings is 3. The first kappa shape index (κ1) is 68.3. The highest BCUT2D eigenvalue weighted by atomic mass is 16.6. The number of carboxylic acids is 2. The van der Waals surface area contributed by atoms with Crippen LogP contribution in [0.25, 0.3) is 61.0 Å². The van der Waals surface area contributed by atoms with Crippen LogP contribution in [-0.4, -0.2) is 71.2 Å². The Morgan fingerprint density at radius 3 is 1.49 bits per heavy atom. The predicted molar refractivity (Wildman–Crippen MR) is 338 cm³/mol. The van der Waals surface area contributed by atoms with E-state index in [9.17, 15) is 58.1 Å². The molecule has 3 heterocycles. The summed E-state index contributed by atoms with van der Waals surface area (Å²) in [5.74, 6) is -2.61. The molecule has 9 rings (SSSR count). The van der Waals surface area contributed by atoms with E-state index >= 15 is 0 Å². The molecule has 88 heavy (non-hydrogen) atoms. The van der Waals surface area contributed by atoms with Crippen LogP contribution in [0.2, 0.25) is 0 Å². The topological polar surface area (TPSA) is 388 Å². The fourth-order valence-electron chi connectivity index (χ4n) is 7.90. The van der Waals surface area contributed by atoms with E-state index in [4.69, 9.17) is 21.5 Å². The van der Waals surface area contributed by atoms with Gasteiger partial charge in [-0.1, -0.05) is 91.0 Å². The van der Waals surface area contributed by atoms with Crippen molar-refractivity contribution >= 4 is 109 Å². The lowest BCUT2D eigenvalue weighted by atomic mass is 10.1. The van der Waals surface area contributed by atoms with Gasteiger partial charge in [0, 0.05) is 90.4 Å². The molecule has 0 fully saturated rings. The maximum absolute atomic E-state index is 11.6. The fourth-order valence-corrected chi connectivity index (χ4v) is 7.90. The number of carboxylic acid groups (broad SMARTS) is 2. The van der Waals surface area contributed by atoms with Gasteiger partial charge >= 0.3 is 11.9 Å². The van der Waals surface area contributed by atoms with Crippen LogP contribution < -0.4 is 27.7 Å². The molecule has 8 N–H and O–H groups in total. The number of non-ortho nitro benzene ring substituents is 1. The fraction of sp³-hybridized carbons (Fsp3) is 0.108. The molecule has 0 spiro atoms. The highest BCUT2D eigenvalue weighted by molar-refractivity contribution is 6.01. The third-order valence-electron chi connectivity index (χ3n) is 11.5. The van der Waals surface area contributed by atoms with Gasteiger partial charge in [0.2, 0.25) is 11.8 Å². The molecule has 0 aliphatic rings. The number of carbonyl (C=O) groups excluding carboxylic acids is 5. The number of nitro groups is 1. The molecule has 2 amide bonds. The maximum atomic E-state index is 11.6. The van der Waals surface area contributed by atoms with E-state index in [0.717, 1.165) is 56.1 Å². The van der Waals surface area contributed by atoms with E-state index in [1.54, 1.807) is 117 Å². The van der Waals surface area contributed by atoms with Gasteiger partial charge in [-0.3, -0.25) is 48.5 Å². The number of ketones is 3. The van der Waals surface area contributed by atoms with Gasteiger partial charge in [-0.25, -0.2) is 9.59 Å². The number of aromatic nitrogens is 3. The lowest BCUT2D eigenvalue weighted by molar-refractivity contribution is -0.384. The highest BCUT2D eigenvalue weighted by Crippen LogP contribution is 2.20. The monoisotopic (exact) mass is 1190 g/mol. The number of Topliss-reactive ketones (excluding diaryl/α,β-unsaturated/α-hetero) is 3. The molecule has 0 saturated carbocycles. The standard InChI is InChI=1S/C12H11N3O2.C12H11NO2.C12H12O3.C11H10N2O2.C9H8N2O.C9H7NO4/c1-9(16)7-11-4-2-3-10(8-11)5-6-12(17)14-15-13;1-8(14)6-9-2-3-11-10(7-9)4-5-13-12(11)15;1-9(13)7-11-4-2-3-10(8-11)5-6-12(14)15;1-7(14)13-9-4-2-3-8-5-6-12-11(15)10(8)9;10-7-1-2-8-6(5-7)3-4-11-9(8)12;11-9(12)5-4-7-2-1-3-8(6-7)10(13)14/h2-6,8H,7H2,1H3;2-5,7H,6H2,1H3,(H,13,15);2-6,8H,7H2,1H3,(H,14,15);2-6H,1H3,(H,12,15)(H,13,14);1-5H,10H2,(H,11,12);1-6H,(H,11,12)/b6-5+;;6-5+;;;5-4+. The number of nitrogen functional groups attached to an aromatic ring is 1. The van der Waals surface area contributed by atoms with Crippen molar-refractivity contribution in [3.8, 4) is 0 Å². The number of nitrogens with two attached hydrogens (primary N) is 1. The zero-order valence-corrected chi connectivity index (χ0v) is 47.8. The molecule has 0 bridgehead atoms. The van der Waals surface area contributed by atoms with E-state index in [2.05, 4.69) is 30.3 Å². The Morgan fingerprint density at radius 1 is 0.557 bits per heavy atom. The Kier molecular flexibility index (Phi) is 27.2. The van der Waals surface area contributed by atoms with Crippen molar-refractivity contribution in [2.45, 2.75) is 47.0 Å². The number of rotatable bonds is 14. The molecule has 9 aromatic rings. The molecular weight excluding hydrogens is 1130 g/mol. The van der Waals surface area contributed by atoms with Crippen LogP contribution in [0.5, 0.6) is 0 Å². The Morgan fingerprint density at radius 2 is 1.00 bits per heavy atom. The number of amides is 2. The summed E-state index contributed by atoms with van der Waals surface area (Å²) in [5.41, 5.74) is 19.2. The number of azide groups is 1. The molecular formula is C65H59N9O14. The molecule has 0 aliphatic heterocycles. The number of carbonyl (C=O) groups is 7. The Bertz CT molecular complexity index is 4350. The van der Waals surface area contributed by atoms with Crippen molar-refractivity contribution in [2.75, 3.05) is 11.1 Å². The third-order valence-corrected chi connectivity index (χ3v) is 11.5. The summed E-state index contributed by atoms with van der Waals surface area (Å²) in [6.45, 7) is 6.02. The summed E-state index contributed by atoms with van der Waals surface area (Å²) in [7, 11) is 0. The largest absolute Gasteiger partial charge is 0.478 e. The first-order valence-corrected chi connectivity index (χ1v) is 26.3. The SMILES string of the molecule is CC(=O)Cc1ccc2c(=O)[nH]ccc2c1.CC(=O)Cc1cccc(/C=C/C(=O)N=[N+]=[N-])c1.CC(=O)Cc1cccc(/C=C/C(=O)O)c1.CC(=O)Nc1cccc2cc[nH]c(=O)c12.Nc1ccc2c(=O)[nH]ccc2c1.O=C(O)/C=C/c1cccc([N+](=O)[O-])c1. The zero-order valence-electron chi connectivity index (χ0n) is 47.8. The summed E-state index contributed by atoms with van der Waals surface area (Å²) >= 11 is 0. The number of aliphatic carboxylic acids is 2. The normalized spacial score (nSPS) is 10.3. The minimum Gasteiger partial charge on any atom is -0.478 e. The molecule has 0 saturated heterocycles. The number of benzene rings is 6. The summed E-state index contributed by atoms with van der Waals surface area (Å²) < 4.78 is 0. The lowest BCUT2D eigenvalue weighted by Crippen LogP contribution is -2.11. The third kappa shape index (κ3) is 24.7. The van der Waals surface area contributed by atoms with Crippen LogP contribution in [0.4, 0.5) is 17.1 Å². The van der Waals surface area contributed by atoms with E-state index < -0.39 is 22.8 Å². The summed E-state index contributed by atoms with van der Waals surface area (Å²) in [4.78, 5) is 129. The van der Waals surface area contributed by atoms with Gasteiger partial charge in [0.25, 0.3) is 22.4 Å². The van der Waals surface area contributed by atoms with Crippen molar-refractivity contribution in [1.82, 2.24) is 15.0 Å². The highest BCUT2D eigenvalue weighted by Gasteiger charge is 2.07. The number of H-pyrrole nitrogens is 3. The Balaban J connectivity index is 0.000000226. The average molecular weight is 1190 g/mol. The van der Waals surface area contributed by atoms with E-state index in [0.29, 0.717) is 52.4 Å². The van der Waals surface area contributed by atoms with Crippen LogP contribution in [-0.2, 0) is 52.8 Å². The molecule has 0 aliphatic carbocycles. The molecule has 6 aromatic carbocycles. The summed E-state index contributed by atoms with van der Waals surface area (Å²) in [6.07, 6.45) is 13.5. The van der Waals surface area contributed by atoms with Crippen LogP contribution in [0, 0.1) is 10.1 Å².